The predicted octanol–water partition coefficient (Wildman–Crippen LogP) is 4.25. The van der Waals surface area contributed by atoms with Crippen molar-refractivity contribution >= 4 is 13.3 Å². The van der Waals surface area contributed by atoms with E-state index in [-0.39, 0.29) is 5.41 Å². The molecule has 0 saturated heterocycles. The van der Waals surface area contributed by atoms with Gasteiger partial charge in [0.05, 0.1) is 13.2 Å². The van der Waals surface area contributed by atoms with Crippen molar-refractivity contribution in [1.82, 2.24) is 0 Å². The van der Waals surface area contributed by atoms with Crippen LogP contribution >= 0.6 is 7.60 Å². The van der Waals surface area contributed by atoms with Crippen LogP contribution < -0.4 is 0 Å². The molecule has 0 bridgehead atoms. The van der Waals surface area contributed by atoms with Crippen LogP contribution in [-0.4, -0.2) is 24.2 Å². The van der Waals surface area contributed by atoms with Gasteiger partial charge in [0.2, 0.25) is 0 Å². The zero-order chi connectivity index (χ0) is 14.0. The van der Waals surface area contributed by atoms with Crippen LogP contribution in [0.2, 0.25) is 0 Å². The standard InChI is InChI=1S/C13H26NO3P/c1-7-11-10-12(4,5)13(6,14-11)18(15,16-8-2)17-9-3/h7-10H2,1-6H3/t13-/m1/s1. The second kappa shape index (κ2) is 5.44. The van der Waals surface area contributed by atoms with Crippen molar-refractivity contribution in [1.29, 1.82) is 0 Å². The first-order valence-electron chi connectivity index (χ1n) is 6.73. The summed E-state index contributed by atoms with van der Waals surface area (Å²) in [4.78, 5) is 4.70. The summed E-state index contributed by atoms with van der Waals surface area (Å²) in [6.45, 7) is 12.6. The lowest BCUT2D eigenvalue weighted by atomic mass is 9.83. The quantitative estimate of drug-likeness (QED) is 0.681. The van der Waals surface area contributed by atoms with Crippen molar-refractivity contribution in [3.8, 4) is 0 Å². The number of hydrogen-bond acceptors (Lipinski definition) is 4. The van der Waals surface area contributed by atoms with E-state index in [1.54, 1.807) is 0 Å². The first-order chi connectivity index (χ1) is 8.26. The van der Waals surface area contributed by atoms with Crippen molar-refractivity contribution in [3.63, 3.8) is 0 Å². The van der Waals surface area contributed by atoms with E-state index in [2.05, 4.69) is 20.8 Å². The molecule has 106 valence electrons. The summed E-state index contributed by atoms with van der Waals surface area (Å²) in [5, 5.41) is -0.780. The summed E-state index contributed by atoms with van der Waals surface area (Å²) in [6.07, 6.45) is 1.74. The molecule has 0 aromatic heterocycles. The maximum atomic E-state index is 13.1. The predicted molar refractivity (Wildman–Crippen MR) is 75.4 cm³/mol. The van der Waals surface area contributed by atoms with Gasteiger partial charge < -0.3 is 9.05 Å². The molecule has 1 rings (SSSR count). The van der Waals surface area contributed by atoms with Gasteiger partial charge in [0.15, 0.2) is 5.28 Å². The molecule has 18 heavy (non-hydrogen) atoms. The average molecular weight is 275 g/mol. The van der Waals surface area contributed by atoms with Gasteiger partial charge in [-0.25, -0.2) is 0 Å². The average Bonchev–Trinajstić information content (AvgIpc) is 2.51. The third-order valence-corrected chi connectivity index (χ3v) is 6.81. The summed E-state index contributed by atoms with van der Waals surface area (Å²) >= 11 is 0. The Balaban J connectivity index is 3.23. The van der Waals surface area contributed by atoms with E-state index >= 15 is 0 Å². The van der Waals surface area contributed by atoms with Crippen LogP contribution in [0, 0.1) is 5.41 Å². The molecular formula is C13H26NO3P. The monoisotopic (exact) mass is 275 g/mol. The summed E-state index contributed by atoms with van der Waals surface area (Å²) < 4.78 is 24.1. The molecule has 0 amide bonds. The molecule has 4 nitrogen and oxygen atoms in total. The van der Waals surface area contributed by atoms with Crippen molar-refractivity contribution in [2.45, 2.75) is 59.7 Å². The van der Waals surface area contributed by atoms with Gasteiger partial charge in [-0.1, -0.05) is 20.8 Å². The number of nitrogens with zero attached hydrogens (tertiary/aromatic N) is 1. The molecule has 0 N–H and O–H groups in total. The van der Waals surface area contributed by atoms with E-state index in [1.165, 1.54) is 0 Å². The lowest BCUT2D eigenvalue weighted by Gasteiger charge is -2.40. The molecule has 1 aliphatic heterocycles. The molecule has 0 aromatic rings. The highest BCUT2D eigenvalue weighted by molar-refractivity contribution is 7.55. The molecule has 5 heteroatoms. The van der Waals surface area contributed by atoms with E-state index in [0.717, 1.165) is 18.6 Å². The Bertz CT molecular complexity index is 368. The summed E-state index contributed by atoms with van der Waals surface area (Å²) in [6, 6.07) is 0. The van der Waals surface area contributed by atoms with Crippen LogP contribution in [0.3, 0.4) is 0 Å². The van der Waals surface area contributed by atoms with E-state index in [9.17, 15) is 4.57 Å². The van der Waals surface area contributed by atoms with Crippen molar-refractivity contribution < 1.29 is 13.6 Å². The Labute approximate surface area is 111 Å². The molecule has 1 heterocycles. The minimum Gasteiger partial charge on any atom is -0.307 e. The van der Waals surface area contributed by atoms with E-state index in [4.69, 9.17) is 14.0 Å². The molecule has 0 unspecified atom stereocenters. The minimum atomic E-state index is -3.24. The lowest BCUT2D eigenvalue weighted by molar-refractivity contribution is 0.164. The maximum Gasteiger partial charge on any atom is 0.358 e. The molecule has 1 atom stereocenters. The highest BCUT2D eigenvalue weighted by Crippen LogP contribution is 2.69. The largest absolute Gasteiger partial charge is 0.358 e. The number of aliphatic imine (C=N–C) groups is 1. The first kappa shape index (κ1) is 15.9. The first-order valence-corrected chi connectivity index (χ1v) is 8.27. The molecule has 0 aliphatic carbocycles. The normalized spacial score (nSPS) is 27.3. The Morgan fingerprint density at radius 2 is 1.67 bits per heavy atom. The summed E-state index contributed by atoms with van der Waals surface area (Å²) in [7, 11) is -3.24. The van der Waals surface area contributed by atoms with E-state index < -0.39 is 12.9 Å². The zero-order valence-electron chi connectivity index (χ0n) is 12.4. The smallest absolute Gasteiger partial charge is 0.307 e. The van der Waals surface area contributed by atoms with Crippen LogP contribution in [0.15, 0.2) is 4.99 Å². The number of rotatable bonds is 6. The van der Waals surface area contributed by atoms with Gasteiger partial charge in [0.1, 0.15) is 0 Å². The number of hydrogen-bond donors (Lipinski definition) is 0. The van der Waals surface area contributed by atoms with Crippen LogP contribution in [0.4, 0.5) is 0 Å². The van der Waals surface area contributed by atoms with Crippen molar-refractivity contribution in [2.75, 3.05) is 13.2 Å². The Hall–Kier alpha value is -0.180. The van der Waals surface area contributed by atoms with Gasteiger partial charge in [-0.05, 0) is 33.6 Å². The molecule has 0 fully saturated rings. The lowest BCUT2D eigenvalue weighted by Crippen LogP contribution is -2.37. The molecular weight excluding hydrogens is 249 g/mol. The molecule has 1 aliphatic rings. The third kappa shape index (κ3) is 2.43. The van der Waals surface area contributed by atoms with E-state index in [1.807, 2.05) is 20.8 Å². The van der Waals surface area contributed by atoms with Crippen molar-refractivity contribution in [2.24, 2.45) is 10.4 Å². The third-order valence-electron chi connectivity index (χ3n) is 3.84. The van der Waals surface area contributed by atoms with Crippen LogP contribution in [-0.2, 0) is 13.6 Å². The SMILES string of the molecule is CCOP(=O)(OCC)[C@@]1(C)N=C(CC)CC1(C)C. The molecule has 0 saturated carbocycles. The Morgan fingerprint density at radius 1 is 1.17 bits per heavy atom. The second-order valence-corrected chi connectivity index (χ2v) is 7.83. The Morgan fingerprint density at radius 3 is 2.00 bits per heavy atom. The second-order valence-electron chi connectivity index (χ2n) is 5.45. The topological polar surface area (TPSA) is 47.9 Å². The fraction of sp³-hybridized carbons (Fsp3) is 0.923. The zero-order valence-corrected chi connectivity index (χ0v) is 13.3. The van der Waals surface area contributed by atoms with Gasteiger partial charge in [0, 0.05) is 11.1 Å². The summed E-state index contributed by atoms with van der Waals surface area (Å²) in [5.74, 6) is 0. The minimum absolute atomic E-state index is 0.210. The van der Waals surface area contributed by atoms with Crippen molar-refractivity contribution in [3.05, 3.63) is 0 Å². The molecule has 0 spiro atoms. The van der Waals surface area contributed by atoms with E-state index in [0.29, 0.717) is 13.2 Å². The van der Waals surface area contributed by atoms with Crippen LogP contribution in [0.1, 0.15) is 54.4 Å². The highest BCUT2D eigenvalue weighted by Gasteiger charge is 2.59. The fourth-order valence-corrected chi connectivity index (χ4v) is 4.78. The van der Waals surface area contributed by atoms with Gasteiger partial charge in [0.25, 0.3) is 0 Å². The van der Waals surface area contributed by atoms with Crippen LogP contribution in [0.25, 0.3) is 0 Å². The van der Waals surface area contributed by atoms with Gasteiger partial charge in [-0.15, -0.1) is 0 Å². The van der Waals surface area contributed by atoms with Gasteiger partial charge in [-0.2, -0.15) is 0 Å². The maximum absolute atomic E-state index is 13.1. The Kier molecular flexibility index (Phi) is 4.80. The summed E-state index contributed by atoms with van der Waals surface area (Å²) in [5.41, 5.74) is 0.889. The molecule has 0 radical (unpaired) electrons. The highest BCUT2D eigenvalue weighted by atomic mass is 31.2. The van der Waals surface area contributed by atoms with Crippen LogP contribution in [0.5, 0.6) is 0 Å². The molecule has 0 aromatic carbocycles. The van der Waals surface area contributed by atoms with Gasteiger partial charge in [-0.3, -0.25) is 9.56 Å². The van der Waals surface area contributed by atoms with Gasteiger partial charge >= 0.3 is 7.60 Å². The fourth-order valence-electron chi connectivity index (χ4n) is 2.44.